The summed E-state index contributed by atoms with van der Waals surface area (Å²) in [5, 5.41) is 5.57. The van der Waals surface area contributed by atoms with Crippen molar-refractivity contribution in [2.24, 2.45) is 5.41 Å². The molecule has 0 bridgehead atoms. The SMILES string of the molecule is COC(=O)[C@@H](NC(=O)CNCc1cccc(F)c1)C(C)(C)C. The minimum Gasteiger partial charge on any atom is -0.467 e. The van der Waals surface area contributed by atoms with Gasteiger partial charge in [-0.15, -0.1) is 0 Å². The number of carbonyl (C=O) groups is 2. The summed E-state index contributed by atoms with van der Waals surface area (Å²) in [6, 6.07) is 5.42. The molecule has 22 heavy (non-hydrogen) atoms. The third-order valence-corrected chi connectivity index (χ3v) is 3.11. The third kappa shape index (κ3) is 5.81. The van der Waals surface area contributed by atoms with Crippen LogP contribution in [0.1, 0.15) is 26.3 Å². The van der Waals surface area contributed by atoms with Gasteiger partial charge < -0.3 is 15.4 Å². The number of methoxy groups -OCH3 is 1. The Morgan fingerprint density at radius 1 is 1.32 bits per heavy atom. The molecule has 1 atom stereocenters. The van der Waals surface area contributed by atoms with Crippen LogP contribution in [0.2, 0.25) is 0 Å². The van der Waals surface area contributed by atoms with Gasteiger partial charge in [-0.3, -0.25) is 4.79 Å². The standard InChI is InChI=1S/C16H23FN2O3/c1-16(2,3)14(15(21)22-4)19-13(20)10-18-9-11-6-5-7-12(17)8-11/h5-8,14,18H,9-10H2,1-4H3,(H,19,20)/t14-/m1/s1. The largest absolute Gasteiger partial charge is 0.467 e. The minimum atomic E-state index is -0.721. The van der Waals surface area contributed by atoms with Gasteiger partial charge in [-0.2, -0.15) is 0 Å². The number of rotatable bonds is 6. The first-order valence-electron chi connectivity index (χ1n) is 7.06. The number of esters is 1. The van der Waals surface area contributed by atoms with Crippen molar-refractivity contribution in [3.05, 3.63) is 35.6 Å². The second kappa shape index (κ2) is 7.89. The molecular formula is C16H23FN2O3. The molecule has 0 unspecified atom stereocenters. The number of carbonyl (C=O) groups excluding carboxylic acids is 2. The summed E-state index contributed by atoms with van der Waals surface area (Å²) in [5.41, 5.74) is 0.291. The molecule has 1 aromatic carbocycles. The maximum atomic E-state index is 13.0. The van der Waals surface area contributed by atoms with Crippen LogP contribution in [0.5, 0.6) is 0 Å². The molecule has 0 aliphatic rings. The second-order valence-electron chi connectivity index (χ2n) is 6.12. The lowest BCUT2D eigenvalue weighted by Gasteiger charge is -2.29. The first-order chi connectivity index (χ1) is 10.2. The maximum absolute atomic E-state index is 13.0. The summed E-state index contributed by atoms with van der Waals surface area (Å²) >= 11 is 0. The van der Waals surface area contributed by atoms with Crippen molar-refractivity contribution in [1.82, 2.24) is 10.6 Å². The van der Waals surface area contributed by atoms with E-state index in [0.29, 0.717) is 6.54 Å². The molecule has 0 heterocycles. The van der Waals surface area contributed by atoms with Crippen LogP contribution >= 0.6 is 0 Å². The monoisotopic (exact) mass is 310 g/mol. The molecular weight excluding hydrogens is 287 g/mol. The van der Waals surface area contributed by atoms with E-state index in [2.05, 4.69) is 10.6 Å². The summed E-state index contributed by atoms with van der Waals surface area (Å²) in [5.74, 6) is -1.12. The molecule has 0 aromatic heterocycles. The van der Waals surface area contributed by atoms with E-state index < -0.39 is 17.4 Å². The maximum Gasteiger partial charge on any atom is 0.328 e. The van der Waals surface area contributed by atoms with Crippen LogP contribution in [0.25, 0.3) is 0 Å². The molecule has 0 saturated carbocycles. The summed E-state index contributed by atoms with van der Waals surface area (Å²) in [6.45, 7) is 5.92. The van der Waals surface area contributed by atoms with Gasteiger partial charge in [-0.1, -0.05) is 32.9 Å². The van der Waals surface area contributed by atoms with E-state index in [1.807, 2.05) is 20.8 Å². The van der Waals surface area contributed by atoms with E-state index in [0.717, 1.165) is 5.56 Å². The third-order valence-electron chi connectivity index (χ3n) is 3.11. The van der Waals surface area contributed by atoms with Crippen molar-refractivity contribution in [1.29, 1.82) is 0 Å². The molecule has 1 aromatic rings. The Labute approximate surface area is 130 Å². The molecule has 2 N–H and O–H groups in total. The van der Waals surface area contributed by atoms with Gasteiger partial charge in [0.2, 0.25) is 5.91 Å². The van der Waals surface area contributed by atoms with Crippen LogP contribution in [-0.4, -0.2) is 31.6 Å². The fourth-order valence-electron chi connectivity index (χ4n) is 1.93. The summed E-state index contributed by atoms with van der Waals surface area (Å²) in [6.07, 6.45) is 0. The van der Waals surface area contributed by atoms with Crippen molar-refractivity contribution in [2.45, 2.75) is 33.4 Å². The Balaban J connectivity index is 2.49. The van der Waals surface area contributed by atoms with Gasteiger partial charge in [0.05, 0.1) is 13.7 Å². The van der Waals surface area contributed by atoms with Gasteiger partial charge in [-0.25, -0.2) is 9.18 Å². The van der Waals surface area contributed by atoms with E-state index in [9.17, 15) is 14.0 Å². The van der Waals surface area contributed by atoms with Crippen molar-refractivity contribution in [2.75, 3.05) is 13.7 Å². The molecule has 0 fully saturated rings. The van der Waals surface area contributed by atoms with Gasteiger partial charge in [0.25, 0.3) is 0 Å². The van der Waals surface area contributed by atoms with Crippen LogP contribution in [0, 0.1) is 11.2 Å². The van der Waals surface area contributed by atoms with Gasteiger partial charge in [0, 0.05) is 6.54 Å². The van der Waals surface area contributed by atoms with Gasteiger partial charge >= 0.3 is 5.97 Å². The molecule has 1 rings (SSSR count). The van der Waals surface area contributed by atoms with Gasteiger partial charge in [-0.05, 0) is 23.1 Å². The average molecular weight is 310 g/mol. The Morgan fingerprint density at radius 2 is 2.00 bits per heavy atom. The first-order valence-corrected chi connectivity index (χ1v) is 7.06. The first kappa shape index (κ1) is 18.1. The number of amides is 1. The normalized spacial score (nSPS) is 12.6. The predicted molar refractivity (Wildman–Crippen MR) is 81.5 cm³/mol. The van der Waals surface area contributed by atoms with Gasteiger partial charge in [0.1, 0.15) is 11.9 Å². The van der Waals surface area contributed by atoms with Crippen LogP contribution in [0.15, 0.2) is 24.3 Å². The van der Waals surface area contributed by atoms with Crippen LogP contribution in [0.3, 0.4) is 0 Å². The smallest absolute Gasteiger partial charge is 0.328 e. The summed E-state index contributed by atoms with van der Waals surface area (Å²) in [7, 11) is 1.29. The topological polar surface area (TPSA) is 67.4 Å². The number of nitrogens with one attached hydrogen (secondary N) is 2. The zero-order valence-corrected chi connectivity index (χ0v) is 13.4. The summed E-state index contributed by atoms with van der Waals surface area (Å²) in [4.78, 5) is 23.7. The van der Waals surface area contributed by atoms with Crippen LogP contribution in [0.4, 0.5) is 4.39 Å². The van der Waals surface area contributed by atoms with E-state index in [1.54, 1.807) is 12.1 Å². The highest BCUT2D eigenvalue weighted by Gasteiger charge is 2.33. The summed E-state index contributed by atoms with van der Waals surface area (Å²) < 4.78 is 17.7. The number of hydrogen-bond donors (Lipinski definition) is 2. The average Bonchev–Trinajstić information content (AvgIpc) is 2.43. The van der Waals surface area contributed by atoms with Crippen molar-refractivity contribution < 1.29 is 18.7 Å². The minimum absolute atomic E-state index is 0.0279. The molecule has 6 heteroatoms. The van der Waals surface area contributed by atoms with Crippen molar-refractivity contribution in [3.63, 3.8) is 0 Å². The zero-order chi connectivity index (χ0) is 16.8. The molecule has 0 aliphatic carbocycles. The number of benzene rings is 1. The molecule has 0 saturated heterocycles. The fraction of sp³-hybridized carbons (Fsp3) is 0.500. The lowest BCUT2D eigenvalue weighted by molar-refractivity contribution is -0.148. The molecule has 122 valence electrons. The molecule has 0 radical (unpaired) electrons. The number of halogens is 1. The highest BCUT2D eigenvalue weighted by molar-refractivity contribution is 5.86. The molecule has 1 amide bonds. The van der Waals surface area contributed by atoms with E-state index in [-0.39, 0.29) is 18.3 Å². The molecule has 5 nitrogen and oxygen atoms in total. The van der Waals surface area contributed by atoms with Crippen molar-refractivity contribution >= 4 is 11.9 Å². The quantitative estimate of drug-likeness (QED) is 0.784. The van der Waals surface area contributed by atoms with Gasteiger partial charge in [0.15, 0.2) is 0 Å². The second-order valence-corrected chi connectivity index (χ2v) is 6.12. The predicted octanol–water partition coefficient (Wildman–Crippen LogP) is 1.62. The zero-order valence-electron chi connectivity index (χ0n) is 13.4. The fourth-order valence-corrected chi connectivity index (χ4v) is 1.93. The van der Waals surface area contributed by atoms with Crippen LogP contribution < -0.4 is 10.6 Å². The van der Waals surface area contributed by atoms with E-state index in [1.165, 1.54) is 19.2 Å². The Hall–Kier alpha value is -1.95. The Morgan fingerprint density at radius 3 is 2.55 bits per heavy atom. The number of ether oxygens (including phenoxy) is 1. The molecule has 0 spiro atoms. The Bertz CT molecular complexity index is 526. The number of hydrogen-bond acceptors (Lipinski definition) is 4. The van der Waals surface area contributed by atoms with Crippen LogP contribution in [-0.2, 0) is 20.9 Å². The lowest BCUT2D eigenvalue weighted by atomic mass is 9.86. The van der Waals surface area contributed by atoms with Crippen molar-refractivity contribution in [3.8, 4) is 0 Å². The molecule has 0 aliphatic heterocycles. The van der Waals surface area contributed by atoms with E-state index in [4.69, 9.17) is 4.74 Å². The highest BCUT2D eigenvalue weighted by Crippen LogP contribution is 2.20. The lowest BCUT2D eigenvalue weighted by Crippen LogP contribution is -2.51. The van der Waals surface area contributed by atoms with E-state index >= 15 is 0 Å². The Kier molecular flexibility index (Phi) is 6.49. The highest BCUT2D eigenvalue weighted by atomic mass is 19.1.